The molecule has 0 bridgehead atoms. The van der Waals surface area contributed by atoms with Crippen LogP contribution in [0.3, 0.4) is 0 Å². The highest BCUT2D eigenvalue weighted by molar-refractivity contribution is 6.33. The van der Waals surface area contributed by atoms with Gasteiger partial charge in [-0.1, -0.05) is 41.9 Å². The lowest BCUT2D eigenvalue weighted by molar-refractivity contribution is -0.152. The zero-order chi connectivity index (χ0) is 18.4. The molecule has 0 saturated carbocycles. The molecule has 0 aliphatic carbocycles. The van der Waals surface area contributed by atoms with Crippen molar-refractivity contribution in [2.75, 3.05) is 18.5 Å². The van der Waals surface area contributed by atoms with Crippen LogP contribution in [0.4, 0.5) is 5.69 Å². The van der Waals surface area contributed by atoms with E-state index in [1.807, 2.05) is 63.2 Å². The standard InChI is InChI=1S/C20H24ClNO3/c1-20(2,3)25-19(23)13-22(4)18-11-10-16(12-17(18)21)24-14-15-8-6-5-7-9-15/h5-12H,13-14H2,1-4H3. The quantitative estimate of drug-likeness (QED) is 0.699. The lowest BCUT2D eigenvalue weighted by Crippen LogP contribution is -2.32. The molecule has 0 fully saturated rings. The number of ether oxygens (including phenoxy) is 2. The number of anilines is 1. The number of carbonyl (C=O) groups excluding carboxylic acids is 1. The Morgan fingerprint density at radius 3 is 2.40 bits per heavy atom. The summed E-state index contributed by atoms with van der Waals surface area (Å²) in [6.45, 7) is 6.13. The lowest BCUT2D eigenvalue weighted by atomic mass is 10.2. The number of benzene rings is 2. The Bertz CT molecular complexity index is 711. The third-order valence-electron chi connectivity index (χ3n) is 3.37. The van der Waals surface area contributed by atoms with Crippen LogP contribution < -0.4 is 9.64 Å². The Labute approximate surface area is 154 Å². The lowest BCUT2D eigenvalue weighted by Gasteiger charge is -2.24. The highest BCUT2D eigenvalue weighted by Crippen LogP contribution is 2.29. The maximum Gasteiger partial charge on any atom is 0.326 e. The molecular formula is C20H24ClNO3. The molecule has 25 heavy (non-hydrogen) atoms. The van der Waals surface area contributed by atoms with Crippen molar-refractivity contribution in [3.05, 3.63) is 59.1 Å². The number of halogens is 1. The van der Waals surface area contributed by atoms with Gasteiger partial charge in [-0.3, -0.25) is 4.79 Å². The summed E-state index contributed by atoms with van der Waals surface area (Å²) >= 11 is 6.35. The first-order valence-corrected chi connectivity index (χ1v) is 8.51. The maximum absolute atomic E-state index is 11.9. The molecular weight excluding hydrogens is 338 g/mol. The molecule has 2 aromatic rings. The SMILES string of the molecule is CN(CC(=O)OC(C)(C)C)c1ccc(OCc2ccccc2)cc1Cl. The van der Waals surface area contributed by atoms with Crippen LogP contribution in [0.2, 0.25) is 5.02 Å². The van der Waals surface area contributed by atoms with Gasteiger partial charge < -0.3 is 14.4 Å². The van der Waals surface area contributed by atoms with E-state index in [0.717, 1.165) is 11.3 Å². The zero-order valence-electron chi connectivity index (χ0n) is 15.1. The van der Waals surface area contributed by atoms with E-state index >= 15 is 0 Å². The number of rotatable bonds is 6. The van der Waals surface area contributed by atoms with Crippen molar-refractivity contribution >= 4 is 23.3 Å². The summed E-state index contributed by atoms with van der Waals surface area (Å²) in [5.41, 5.74) is 1.33. The molecule has 0 heterocycles. The Hall–Kier alpha value is -2.20. The first-order chi connectivity index (χ1) is 11.7. The van der Waals surface area contributed by atoms with Gasteiger partial charge >= 0.3 is 5.97 Å². The smallest absolute Gasteiger partial charge is 0.326 e. The Morgan fingerprint density at radius 2 is 1.80 bits per heavy atom. The van der Waals surface area contributed by atoms with Crippen molar-refractivity contribution in [3.63, 3.8) is 0 Å². The normalized spacial score (nSPS) is 11.1. The molecule has 0 N–H and O–H groups in total. The Morgan fingerprint density at radius 1 is 1.12 bits per heavy atom. The van der Waals surface area contributed by atoms with Crippen molar-refractivity contribution in [1.82, 2.24) is 0 Å². The molecule has 0 unspecified atom stereocenters. The average Bonchev–Trinajstić information content (AvgIpc) is 2.52. The van der Waals surface area contributed by atoms with Crippen LogP contribution in [-0.2, 0) is 16.1 Å². The summed E-state index contributed by atoms with van der Waals surface area (Å²) in [4.78, 5) is 13.7. The van der Waals surface area contributed by atoms with E-state index in [0.29, 0.717) is 17.4 Å². The molecule has 0 spiro atoms. The van der Waals surface area contributed by atoms with Crippen LogP contribution in [-0.4, -0.2) is 25.2 Å². The second-order valence-corrected chi connectivity index (χ2v) is 7.24. The fourth-order valence-electron chi connectivity index (χ4n) is 2.28. The summed E-state index contributed by atoms with van der Waals surface area (Å²) in [6, 6.07) is 15.4. The predicted octanol–water partition coefficient (Wildman–Crippen LogP) is 4.70. The van der Waals surface area contributed by atoms with Crippen LogP contribution in [0.1, 0.15) is 26.3 Å². The first kappa shape index (κ1) is 19.1. The van der Waals surface area contributed by atoms with Gasteiger partial charge in [0.2, 0.25) is 0 Å². The van der Waals surface area contributed by atoms with Gasteiger partial charge in [-0.05, 0) is 38.5 Å². The van der Waals surface area contributed by atoms with Gasteiger partial charge in [-0.2, -0.15) is 0 Å². The van der Waals surface area contributed by atoms with E-state index in [2.05, 4.69) is 0 Å². The Kier molecular flexibility index (Phi) is 6.32. The van der Waals surface area contributed by atoms with Crippen LogP contribution >= 0.6 is 11.6 Å². The molecule has 0 radical (unpaired) electrons. The molecule has 134 valence electrons. The third-order valence-corrected chi connectivity index (χ3v) is 3.67. The largest absolute Gasteiger partial charge is 0.489 e. The van der Waals surface area contributed by atoms with Gasteiger partial charge in [0.15, 0.2) is 0 Å². The van der Waals surface area contributed by atoms with Gasteiger partial charge in [0, 0.05) is 13.1 Å². The molecule has 0 saturated heterocycles. The number of hydrogen-bond acceptors (Lipinski definition) is 4. The summed E-state index contributed by atoms with van der Waals surface area (Å²) in [5, 5.41) is 0.525. The fourth-order valence-corrected chi connectivity index (χ4v) is 2.60. The third kappa shape index (κ3) is 6.31. The molecule has 2 aromatic carbocycles. The van der Waals surface area contributed by atoms with Crippen molar-refractivity contribution in [2.45, 2.75) is 33.0 Å². The van der Waals surface area contributed by atoms with Crippen molar-refractivity contribution in [2.24, 2.45) is 0 Å². The maximum atomic E-state index is 11.9. The molecule has 2 rings (SSSR count). The monoisotopic (exact) mass is 361 g/mol. The summed E-state index contributed by atoms with van der Waals surface area (Å²) < 4.78 is 11.1. The van der Waals surface area contributed by atoms with E-state index in [-0.39, 0.29) is 12.5 Å². The van der Waals surface area contributed by atoms with Crippen molar-refractivity contribution in [3.8, 4) is 5.75 Å². The molecule has 0 amide bonds. The van der Waals surface area contributed by atoms with Gasteiger partial charge in [0.25, 0.3) is 0 Å². The van der Waals surface area contributed by atoms with Gasteiger partial charge in [-0.15, -0.1) is 0 Å². The van der Waals surface area contributed by atoms with Gasteiger partial charge in [0.1, 0.15) is 24.5 Å². The second kappa shape index (κ2) is 8.26. The van der Waals surface area contributed by atoms with Crippen LogP contribution in [0, 0.1) is 0 Å². The topological polar surface area (TPSA) is 38.8 Å². The van der Waals surface area contributed by atoms with Gasteiger partial charge in [-0.25, -0.2) is 0 Å². The summed E-state index contributed by atoms with van der Waals surface area (Å²) in [5.74, 6) is 0.388. The number of esters is 1. The van der Waals surface area contributed by atoms with E-state index in [4.69, 9.17) is 21.1 Å². The van der Waals surface area contributed by atoms with Crippen LogP contribution in [0.5, 0.6) is 5.75 Å². The first-order valence-electron chi connectivity index (χ1n) is 8.14. The van der Waals surface area contributed by atoms with Crippen LogP contribution in [0.15, 0.2) is 48.5 Å². The molecule has 4 nitrogen and oxygen atoms in total. The fraction of sp³-hybridized carbons (Fsp3) is 0.350. The molecule has 0 aromatic heterocycles. The van der Waals surface area contributed by atoms with Crippen molar-refractivity contribution < 1.29 is 14.3 Å². The number of hydrogen-bond donors (Lipinski definition) is 0. The minimum Gasteiger partial charge on any atom is -0.489 e. The highest BCUT2D eigenvalue weighted by Gasteiger charge is 2.18. The highest BCUT2D eigenvalue weighted by atomic mass is 35.5. The van der Waals surface area contributed by atoms with Gasteiger partial charge in [0.05, 0.1) is 10.7 Å². The van der Waals surface area contributed by atoms with Crippen molar-refractivity contribution in [1.29, 1.82) is 0 Å². The molecule has 0 aliphatic rings. The van der Waals surface area contributed by atoms with E-state index in [1.54, 1.807) is 18.0 Å². The summed E-state index contributed by atoms with van der Waals surface area (Å²) in [7, 11) is 1.80. The molecule has 5 heteroatoms. The number of likely N-dealkylation sites (N-methyl/N-ethyl adjacent to an activating group) is 1. The molecule has 0 aliphatic heterocycles. The van der Waals surface area contributed by atoms with E-state index < -0.39 is 5.60 Å². The second-order valence-electron chi connectivity index (χ2n) is 6.83. The number of carbonyl (C=O) groups is 1. The average molecular weight is 362 g/mol. The van der Waals surface area contributed by atoms with E-state index in [9.17, 15) is 4.79 Å². The summed E-state index contributed by atoms with van der Waals surface area (Å²) in [6.07, 6.45) is 0. The molecule has 0 atom stereocenters. The Balaban J connectivity index is 1.97. The minimum atomic E-state index is -0.503. The minimum absolute atomic E-state index is 0.126. The van der Waals surface area contributed by atoms with E-state index in [1.165, 1.54) is 0 Å². The predicted molar refractivity (Wildman–Crippen MR) is 101 cm³/mol. The number of nitrogens with zero attached hydrogens (tertiary/aromatic N) is 1. The van der Waals surface area contributed by atoms with Crippen LogP contribution in [0.25, 0.3) is 0 Å². The zero-order valence-corrected chi connectivity index (χ0v) is 15.8.